The van der Waals surface area contributed by atoms with Gasteiger partial charge in [-0.25, -0.2) is 14.4 Å². The first-order chi connectivity index (χ1) is 12.3. The zero-order valence-electron chi connectivity index (χ0n) is 13.5. The highest BCUT2D eigenvalue weighted by molar-refractivity contribution is 5.67. The van der Waals surface area contributed by atoms with Crippen molar-refractivity contribution in [3.8, 4) is 16.9 Å². The number of benzene rings is 1. The Hall–Kier alpha value is -2.97. The van der Waals surface area contributed by atoms with Gasteiger partial charge in [0.2, 0.25) is 5.78 Å². The third kappa shape index (κ3) is 3.37. The van der Waals surface area contributed by atoms with Crippen LogP contribution in [0.25, 0.3) is 16.9 Å². The van der Waals surface area contributed by atoms with Gasteiger partial charge in [-0.05, 0) is 30.7 Å². The smallest absolute Gasteiger partial charge is 0.434 e. The second kappa shape index (κ2) is 6.74. The molecule has 0 radical (unpaired) electrons. The molecule has 3 rings (SSSR count). The highest BCUT2D eigenvalue weighted by Gasteiger charge is 2.38. The molecule has 0 aliphatic rings. The third-order valence-corrected chi connectivity index (χ3v) is 3.60. The maximum absolute atomic E-state index is 13.5. The van der Waals surface area contributed by atoms with Crippen LogP contribution in [-0.4, -0.2) is 27.7 Å². The van der Waals surface area contributed by atoms with Crippen LogP contribution in [0, 0.1) is 6.92 Å². The minimum atomic E-state index is -4.84. The molecular formula is C17H13F4N3O2. The lowest BCUT2D eigenvalue weighted by molar-refractivity contribution is -0.140. The van der Waals surface area contributed by atoms with E-state index in [1.54, 1.807) is 6.92 Å². The molecule has 9 heteroatoms. The highest BCUT2D eigenvalue weighted by Crippen LogP contribution is 2.34. The predicted octanol–water partition coefficient (Wildman–Crippen LogP) is 3.43. The molecular weight excluding hydrogens is 354 g/mol. The summed E-state index contributed by atoms with van der Waals surface area (Å²) < 4.78 is 58.6. The van der Waals surface area contributed by atoms with E-state index in [0.717, 1.165) is 4.40 Å². The van der Waals surface area contributed by atoms with E-state index in [1.807, 2.05) is 0 Å². The van der Waals surface area contributed by atoms with Crippen LogP contribution in [0.4, 0.5) is 17.6 Å². The van der Waals surface area contributed by atoms with E-state index >= 15 is 0 Å². The summed E-state index contributed by atoms with van der Waals surface area (Å²) in [5.41, 5.74) is -2.31. The number of halogens is 4. The second-order valence-corrected chi connectivity index (χ2v) is 5.44. The molecule has 0 unspecified atom stereocenters. The summed E-state index contributed by atoms with van der Waals surface area (Å²) in [5.74, 6) is -0.0416. The number of aromatic nitrogens is 3. The molecule has 3 aromatic rings. The van der Waals surface area contributed by atoms with E-state index in [4.69, 9.17) is 4.74 Å². The monoisotopic (exact) mass is 367 g/mol. The van der Waals surface area contributed by atoms with Crippen LogP contribution in [0.3, 0.4) is 0 Å². The molecule has 0 bridgehead atoms. The molecule has 1 aromatic carbocycles. The van der Waals surface area contributed by atoms with Gasteiger partial charge in [0, 0.05) is 11.9 Å². The lowest BCUT2D eigenvalue weighted by atomic mass is 10.0. The standard InChI is InChI=1S/C17H13F4N3O2/c1-10-6-8-24-15(25)13(14(17(19,20)21)23-16(24)22-10)11-2-4-12(5-3-11)26-9-7-18/h2-6,8H,7,9H2,1H3. The van der Waals surface area contributed by atoms with Gasteiger partial charge < -0.3 is 4.74 Å². The summed E-state index contributed by atoms with van der Waals surface area (Å²) in [6.45, 7) is 0.726. The van der Waals surface area contributed by atoms with Crippen LogP contribution in [0.15, 0.2) is 41.3 Å². The van der Waals surface area contributed by atoms with Gasteiger partial charge in [-0.1, -0.05) is 12.1 Å². The van der Waals surface area contributed by atoms with Crippen molar-refractivity contribution in [1.82, 2.24) is 14.4 Å². The predicted molar refractivity (Wildman–Crippen MR) is 85.9 cm³/mol. The average Bonchev–Trinajstić information content (AvgIpc) is 2.59. The number of hydrogen-bond acceptors (Lipinski definition) is 4. The number of aryl methyl sites for hydroxylation is 1. The number of fused-ring (bicyclic) bond motifs is 1. The molecule has 0 amide bonds. The lowest BCUT2D eigenvalue weighted by Gasteiger charge is -2.13. The molecule has 0 fully saturated rings. The van der Waals surface area contributed by atoms with Crippen LogP contribution in [0.5, 0.6) is 5.75 Å². The van der Waals surface area contributed by atoms with Gasteiger partial charge in [-0.3, -0.25) is 9.20 Å². The topological polar surface area (TPSA) is 56.5 Å². The summed E-state index contributed by atoms with van der Waals surface area (Å²) >= 11 is 0. The Morgan fingerprint density at radius 3 is 2.42 bits per heavy atom. The third-order valence-electron chi connectivity index (χ3n) is 3.60. The first-order valence-electron chi connectivity index (χ1n) is 7.57. The van der Waals surface area contributed by atoms with Crippen molar-refractivity contribution in [2.24, 2.45) is 0 Å². The summed E-state index contributed by atoms with van der Waals surface area (Å²) in [6.07, 6.45) is -3.51. The molecule has 0 saturated carbocycles. The Morgan fingerprint density at radius 2 is 1.81 bits per heavy atom. The Balaban J connectivity index is 2.22. The largest absolute Gasteiger partial charge is 0.491 e. The van der Waals surface area contributed by atoms with Crippen molar-refractivity contribution in [1.29, 1.82) is 0 Å². The minimum absolute atomic E-state index is 0.0254. The Bertz CT molecular complexity index is 998. The molecule has 0 N–H and O–H groups in total. The van der Waals surface area contributed by atoms with Gasteiger partial charge in [0.05, 0.1) is 5.56 Å². The van der Waals surface area contributed by atoms with Crippen LogP contribution in [0.1, 0.15) is 11.4 Å². The molecule has 0 atom stereocenters. The van der Waals surface area contributed by atoms with E-state index in [-0.39, 0.29) is 23.7 Å². The molecule has 2 heterocycles. The average molecular weight is 367 g/mol. The van der Waals surface area contributed by atoms with Crippen molar-refractivity contribution in [3.05, 3.63) is 58.3 Å². The quantitative estimate of drug-likeness (QED) is 0.663. The Labute approximate surface area is 144 Å². The van der Waals surface area contributed by atoms with Crippen molar-refractivity contribution in [3.63, 3.8) is 0 Å². The van der Waals surface area contributed by atoms with E-state index in [9.17, 15) is 22.4 Å². The Kier molecular flexibility index (Phi) is 4.62. The van der Waals surface area contributed by atoms with Crippen molar-refractivity contribution < 1.29 is 22.3 Å². The van der Waals surface area contributed by atoms with Gasteiger partial charge in [0.25, 0.3) is 5.56 Å². The second-order valence-electron chi connectivity index (χ2n) is 5.44. The SMILES string of the molecule is Cc1ccn2c(=O)c(-c3ccc(OCCF)cc3)c(C(F)(F)F)nc2n1. The normalized spacial score (nSPS) is 11.7. The Morgan fingerprint density at radius 1 is 1.12 bits per heavy atom. The minimum Gasteiger partial charge on any atom is -0.491 e. The molecule has 0 saturated heterocycles. The molecule has 0 spiro atoms. The zero-order chi connectivity index (χ0) is 18.9. The van der Waals surface area contributed by atoms with Gasteiger partial charge in [0.1, 0.15) is 19.0 Å². The highest BCUT2D eigenvalue weighted by atomic mass is 19.4. The summed E-state index contributed by atoms with van der Waals surface area (Å²) in [7, 11) is 0. The van der Waals surface area contributed by atoms with Gasteiger partial charge in [-0.15, -0.1) is 0 Å². The maximum atomic E-state index is 13.5. The molecule has 0 aliphatic carbocycles. The van der Waals surface area contributed by atoms with Gasteiger partial charge >= 0.3 is 6.18 Å². The number of hydrogen-bond donors (Lipinski definition) is 0. The molecule has 0 aliphatic heterocycles. The number of ether oxygens (including phenoxy) is 1. The zero-order valence-corrected chi connectivity index (χ0v) is 13.5. The van der Waals surface area contributed by atoms with Crippen LogP contribution in [0.2, 0.25) is 0 Å². The first kappa shape index (κ1) is 17.8. The van der Waals surface area contributed by atoms with E-state index in [0.29, 0.717) is 5.69 Å². The lowest BCUT2D eigenvalue weighted by Crippen LogP contribution is -2.24. The summed E-state index contributed by atoms with van der Waals surface area (Å²) in [5, 5.41) is 0. The van der Waals surface area contributed by atoms with E-state index in [2.05, 4.69) is 9.97 Å². The fourth-order valence-corrected chi connectivity index (χ4v) is 2.45. The van der Waals surface area contributed by atoms with Crippen LogP contribution >= 0.6 is 0 Å². The fraction of sp³-hybridized carbons (Fsp3) is 0.235. The van der Waals surface area contributed by atoms with Gasteiger partial charge in [0.15, 0.2) is 5.69 Å². The number of alkyl halides is 4. The van der Waals surface area contributed by atoms with Crippen molar-refractivity contribution in [2.75, 3.05) is 13.3 Å². The van der Waals surface area contributed by atoms with Crippen LogP contribution < -0.4 is 10.3 Å². The van der Waals surface area contributed by atoms with Crippen molar-refractivity contribution in [2.45, 2.75) is 13.1 Å². The molecule has 26 heavy (non-hydrogen) atoms. The summed E-state index contributed by atoms with van der Waals surface area (Å²) in [4.78, 5) is 20.1. The maximum Gasteiger partial charge on any atom is 0.434 e. The number of nitrogens with zero attached hydrogens (tertiary/aromatic N) is 3. The molecule has 136 valence electrons. The van der Waals surface area contributed by atoms with E-state index < -0.39 is 29.7 Å². The van der Waals surface area contributed by atoms with Crippen molar-refractivity contribution >= 4 is 5.78 Å². The first-order valence-corrected chi connectivity index (χ1v) is 7.57. The van der Waals surface area contributed by atoms with E-state index in [1.165, 1.54) is 36.5 Å². The molecule has 2 aromatic heterocycles. The number of rotatable bonds is 4. The summed E-state index contributed by atoms with van der Waals surface area (Å²) in [6, 6.07) is 6.84. The van der Waals surface area contributed by atoms with Crippen LogP contribution in [-0.2, 0) is 6.18 Å². The fourth-order valence-electron chi connectivity index (χ4n) is 2.45. The molecule has 5 nitrogen and oxygen atoms in total. The van der Waals surface area contributed by atoms with Gasteiger partial charge in [-0.2, -0.15) is 13.2 Å².